The molecule has 2 atom stereocenters. The van der Waals surface area contributed by atoms with Crippen molar-refractivity contribution in [3.63, 3.8) is 0 Å². The molecule has 0 heterocycles. The van der Waals surface area contributed by atoms with Gasteiger partial charge in [-0.3, -0.25) is 4.79 Å². The minimum absolute atomic E-state index is 0.141. The highest BCUT2D eigenvalue weighted by atomic mass is 16.2. The molecule has 2 aromatic carbocycles. The maximum absolute atomic E-state index is 12.1. The number of nitrogens with two attached hydrogens (primary N) is 1. The molecule has 0 saturated carbocycles. The SMILES string of the molecule is CC(N)C(=O)NC(C)(Cc1ccccc1)c1ccccc1. The first-order valence-corrected chi connectivity index (χ1v) is 7.18. The Morgan fingerprint density at radius 1 is 1.10 bits per heavy atom. The van der Waals surface area contributed by atoms with Crippen LogP contribution in [0.3, 0.4) is 0 Å². The lowest BCUT2D eigenvalue weighted by atomic mass is 9.85. The Kier molecular flexibility index (Phi) is 4.76. The highest BCUT2D eigenvalue weighted by Gasteiger charge is 2.29. The van der Waals surface area contributed by atoms with E-state index in [1.165, 1.54) is 5.56 Å². The lowest BCUT2D eigenvalue weighted by Gasteiger charge is -2.32. The third-order valence-corrected chi connectivity index (χ3v) is 3.62. The lowest BCUT2D eigenvalue weighted by molar-refractivity contribution is -0.123. The summed E-state index contributed by atoms with van der Waals surface area (Å²) in [7, 11) is 0. The predicted molar refractivity (Wildman–Crippen MR) is 85.7 cm³/mol. The summed E-state index contributed by atoms with van der Waals surface area (Å²) in [6, 6.07) is 19.6. The van der Waals surface area contributed by atoms with E-state index in [0.717, 1.165) is 12.0 Å². The number of rotatable bonds is 5. The first-order chi connectivity index (χ1) is 10.0. The number of hydrogen-bond acceptors (Lipinski definition) is 2. The van der Waals surface area contributed by atoms with Crippen LogP contribution < -0.4 is 11.1 Å². The quantitative estimate of drug-likeness (QED) is 0.885. The number of benzene rings is 2. The Balaban J connectivity index is 2.32. The molecule has 0 bridgehead atoms. The maximum atomic E-state index is 12.1. The van der Waals surface area contributed by atoms with Gasteiger partial charge in [0.05, 0.1) is 11.6 Å². The fourth-order valence-corrected chi connectivity index (χ4v) is 2.41. The van der Waals surface area contributed by atoms with Crippen LogP contribution in [0, 0.1) is 0 Å². The normalized spacial score (nSPS) is 15.0. The van der Waals surface area contributed by atoms with Crippen LogP contribution in [0.25, 0.3) is 0 Å². The second-order valence-electron chi connectivity index (χ2n) is 5.64. The zero-order chi connectivity index (χ0) is 15.3. The molecule has 1 amide bonds. The van der Waals surface area contributed by atoms with Crippen LogP contribution in [-0.4, -0.2) is 11.9 Å². The molecule has 3 N–H and O–H groups in total. The van der Waals surface area contributed by atoms with E-state index in [1.807, 2.05) is 55.5 Å². The van der Waals surface area contributed by atoms with Crippen LogP contribution in [0.15, 0.2) is 60.7 Å². The molecule has 2 rings (SSSR count). The van der Waals surface area contributed by atoms with Gasteiger partial charge in [-0.1, -0.05) is 60.7 Å². The van der Waals surface area contributed by atoms with Gasteiger partial charge < -0.3 is 11.1 Å². The monoisotopic (exact) mass is 282 g/mol. The van der Waals surface area contributed by atoms with Crippen molar-refractivity contribution in [2.75, 3.05) is 0 Å². The topological polar surface area (TPSA) is 55.1 Å². The molecule has 0 fully saturated rings. The zero-order valence-corrected chi connectivity index (χ0v) is 12.5. The summed E-state index contributed by atoms with van der Waals surface area (Å²) in [5.74, 6) is -0.141. The third kappa shape index (κ3) is 3.92. The molecule has 0 aliphatic heterocycles. The first-order valence-electron chi connectivity index (χ1n) is 7.18. The van der Waals surface area contributed by atoms with Crippen molar-refractivity contribution in [2.45, 2.75) is 31.8 Å². The van der Waals surface area contributed by atoms with Gasteiger partial charge in [-0.15, -0.1) is 0 Å². The Hall–Kier alpha value is -2.13. The average molecular weight is 282 g/mol. The molecule has 110 valence electrons. The molecule has 0 aromatic heterocycles. The molecule has 0 radical (unpaired) electrons. The zero-order valence-electron chi connectivity index (χ0n) is 12.5. The largest absolute Gasteiger partial charge is 0.345 e. The molecule has 2 unspecified atom stereocenters. The molecule has 0 spiro atoms. The van der Waals surface area contributed by atoms with Crippen LogP contribution in [0.4, 0.5) is 0 Å². The summed E-state index contributed by atoms with van der Waals surface area (Å²) in [5, 5.41) is 3.09. The van der Waals surface area contributed by atoms with Crippen LogP contribution in [0.2, 0.25) is 0 Å². The minimum Gasteiger partial charge on any atom is -0.345 e. The minimum atomic E-state index is -0.524. The lowest BCUT2D eigenvalue weighted by Crippen LogP contribution is -2.50. The molecule has 2 aromatic rings. The van der Waals surface area contributed by atoms with Crippen LogP contribution in [0.5, 0.6) is 0 Å². The number of amides is 1. The smallest absolute Gasteiger partial charge is 0.237 e. The van der Waals surface area contributed by atoms with Gasteiger partial charge in [-0.2, -0.15) is 0 Å². The molecule has 0 saturated heterocycles. The molecule has 3 nitrogen and oxygen atoms in total. The highest BCUT2D eigenvalue weighted by Crippen LogP contribution is 2.25. The summed E-state index contributed by atoms with van der Waals surface area (Å²) >= 11 is 0. The molecular formula is C18H22N2O. The number of carbonyl (C=O) groups is 1. The van der Waals surface area contributed by atoms with E-state index in [-0.39, 0.29) is 5.91 Å². The van der Waals surface area contributed by atoms with Crippen molar-refractivity contribution < 1.29 is 4.79 Å². The van der Waals surface area contributed by atoms with Gasteiger partial charge in [-0.25, -0.2) is 0 Å². The van der Waals surface area contributed by atoms with Crippen molar-refractivity contribution >= 4 is 5.91 Å². The van der Waals surface area contributed by atoms with E-state index < -0.39 is 11.6 Å². The Bertz CT molecular complexity index is 581. The van der Waals surface area contributed by atoms with E-state index >= 15 is 0 Å². The van der Waals surface area contributed by atoms with Crippen LogP contribution in [-0.2, 0) is 16.8 Å². The van der Waals surface area contributed by atoms with Crippen molar-refractivity contribution in [3.8, 4) is 0 Å². The second kappa shape index (κ2) is 6.55. The maximum Gasteiger partial charge on any atom is 0.237 e. The van der Waals surface area contributed by atoms with Crippen molar-refractivity contribution in [3.05, 3.63) is 71.8 Å². The van der Waals surface area contributed by atoms with Crippen molar-refractivity contribution in [1.82, 2.24) is 5.32 Å². The van der Waals surface area contributed by atoms with Crippen molar-refractivity contribution in [1.29, 1.82) is 0 Å². The van der Waals surface area contributed by atoms with Gasteiger partial charge in [0.15, 0.2) is 0 Å². The second-order valence-corrected chi connectivity index (χ2v) is 5.64. The summed E-state index contributed by atoms with van der Waals surface area (Å²) in [5.41, 5.74) is 7.47. The van der Waals surface area contributed by atoms with E-state index in [2.05, 4.69) is 17.4 Å². The molecule has 0 aliphatic carbocycles. The summed E-state index contributed by atoms with van der Waals surface area (Å²) < 4.78 is 0. The van der Waals surface area contributed by atoms with Gasteiger partial charge in [0.25, 0.3) is 0 Å². The predicted octanol–water partition coefficient (Wildman–Crippen LogP) is 2.61. The summed E-state index contributed by atoms with van der Waals surface area (Å²) in [6.45, 7) is 3.73. The van der Waals surface area contributed by atoms with E-state index in [0.29, 0.717) is 0 Å². The Labute approximate surface area is 126 Å². The molecule has 21 heavy (non-hydrogen) atoms. The number of nitrogens with one attached hydrogen (secondary N) is 1. The van der Waals surface area contributed by atoms with Crippen LogP contribution in [0.1, 0.15) is 25.0 Å². The van der Waals surface area contributed by atoms with Crippen LogP contribution >= 0.6 is 0 Å². The van der Waals surface area contributed by atoms with E-state index in [9.17, 15) is 4.79 Å². The summed E-state index contributed by atoms with van der Waals surface area (Å²) in [4.78, 5) is 12.1. The van der Waals surface area contributed by atoms with Gasteiger partial charge in [0.1, 0.15) is 0 Å². The fourth-order valence-electron chi connectivity index (χ4n) is 2.41. The molecule has 0 aliphatic rings. The summed E-state index contributed by atoms with van der Waals surface area (Å²) in [6.07, 6.45) is 0.719. The van der Waals surface area contributed by atoms with E-state index in [4.69, 9.17) is 5.73 Å². The van der Waals surface area contributed by atoms with Gasteiger partial charge in [0, 0.05) is 0 Å². The standard InChI is InChI=1S/C18H22N2O/c1-14(19)17(21)20-18(2,16-11-7-4-8-12-16)13-15-9-5-3-6-10-15/h3-12,14H,13,19H2,1-2H3,(H,20,21). The Morgan fingerprint density at radius 2 is 1.62 bits per heavy atom. The highest BCUT2D eigenvalue weighted by molar-refractivity contribution is 5.82. The van der Waals surface area contributed by atoms with Crippen molar-refractivity contribution in [2.24, 2.45) is 5.73 Å². The van der Waals surface area contributed by atoms with Gasteiger partial charge in [0.2, 0.25) is 5.91 Å². The number of hydrogen-bond donors (Lipinski definition) is 2. The van der Waals surface area contributed by atoms with E-state index in [1.54, 1.807) is 6.92 Å². The molecule has 3 heteroatoms. The molecular weight excluding hydrogens is 260 g/mol. The van der Waals surface area contributed by atoms with Gasteiger partial charge in [-0.05, 0) is 31.4 Å². The average Bonchev–Trinajstić information content (AvgIpc) is 2.49. The Morgan fingerprint density at radius 3 is 2.14 bits per heavy atom. The fraction of sp³-hybridized carbons (Fsp3) is 0.278. The number of carbonyl (C=O) groups excluding carboxylic acids is 1. The first kappa shape index (κ1) is 15.3. The van der Waals surface area contributed by atoms with Gasteiger partial charge >= 0.3 is 0 Å². The third-order valence-electron chi connectivity index (χ3n) is 3.62.